The minimum Gasteiger partial charge on any atom is -0.493 e. The predicted octanol–water partition coefficient (Wildman–Crippen LogP) is 6.62. The number of halogens is 1. The summed E-state index contributed by atoms with van der Waals surface area (Å²) in [5, 5.41) is 2.92. The molecular weight excluding hydrogens is 432 g/mol. The van der Waals surface area contributed by atoms with E-state index in [2.05, 4.69) is 41.9 Å². The molecule has 0 heterocycles. The first kappa shape index (κ1) is 23.8. The van der Waals surface area contributed by atoms with E-state index in [0.717, 1.165) is 40.4 Å². The summed E-state index contributed by atoms with van der Waals surface area (Å²) in [6.07, 6.45) is 5.70. The van der Waals surface area contributed by atoms with E-state index in [-0.39, 0.29) is 6.10 Å². The second-order valence-electron chi connectivity index (χ2n) is 7.33. The molecule has 0 aromatic heterocycles. The number of ether oxygens (including phenoxy) is 4. The van der Waals surface area contributed by atoms with Gasteiger partial charge in [-0.05, 0) is 18.8 Å². The zero-order valence-corrected chi connectivity index (χ0v) is 19.8. The van der Waals surface area contributed by atoms with Gasteiger partial charge in [0, 0.05) is 29.3 Å². The first-order valence-electron chi connectivity index (χ1n) is 10.6. The molecule has 0 spiro atoms. The summed E-state index contributed by atoms with van der Waals surface area (Å²) >= 11 is 3.47. The number of methoxy groups -OCH3 is 2. The van der Waals surface area contributed by atoms with Gasteiger partial charge in [0.15, 0.2) is 11.5 Å². The van der Waals surface area contributed by atoms with Crippen LogP contribution in [0, 0.1) is 5.92 Å². The number of unbranched alkanes of at least 4 members (excludes halogenated alkanes) is 1. The third-order valence-corrected chi connectivity index (χ3v) is 5.80. The van der Waals surface area contributed by atoms with Gasteiger partial charge in [0.1, 0.15) is 12.4 Å². The van der Waals surface area contributed by atoms with Crippen molar-refractivity contribution in [3.8, 4) is 17.2 Å². The van der Waals surface area contributed by atoms with Gasteiger partial charge in [-0.2, -0.15) is 0 Å². The summed E-state index contributed by atoms with van der Waals surface area (Å²) in [7, 11) is 3.40. The lowest BCUT2D eigenvalue weighted by Gasteiger charge is -2.21. The maximum atomic E-state index is 6.32. The van der Waals surface area contributed by atoms with Gasteiger partial charge in [-0.15, -0.1) is 0 Å². The Morgan fingerprint density at radius 3 is 2.31 bits per heavy atom. The molecule has 2 rings (SSSR count). The van der Waals surface area contributed by atoms with E-state index in [9.17, 15) is 0 Å². The van der Waals surface area contributed by atoms with Crippen molar-refractivity contribution >= 4 is 26.7 Å². The molecule has 0 saturated carbocycles. The van der Waals surface area contributed by atoms with Crippen LogP contribution in [0.15, 0.2) is 30.3 Å². The summed E-state index contributed by atoms with van der Waals surface area (Å²) in [5.41, 5.74) is 0. The second kappa shape index (κ2) is 13.0. The first-order valence-corrected chi connectivity index (χ1v) is 11.7. The third kappa shape index (κ3) is 6.78. The summed E-state index contributed by atoms with van der Waals surface area (Å²) in [6, 6.07) is 10.1. The van der Waals surface area contributed by atoms with Crippen molar-refractivity contribution in [1.29, 1.82) is 0 Å². The zero-order chi connectivity index (χ0) is 21.1. The molecule has 0 aliphatic rings. The van der Waals surface area contributed by atoms with Gasteiger partial charge in [0.25, 0.3) is 0 Å². The summed E-state index contributed by atoms with van der Waals surface area (Å²) in [5.74, 6) is 2.85. The highest BCUT2D eigenvalue weighted by Gasteiger charge is 2.18. The van der Waals surface area contributed by atoms with Crippen molar-refractivity contribution in [1.82, 2.24) is 0 Å². The van der Waals surface area contributed by atoms with Crippen LogP contribution in [-0.4, -0.2) is 38.9 Å². The van der Waals surface area contributed by atoms with E-state index in [1.807, 2.05) is 18.2 Å². The molecule has 0 amide bonds. The third-order valence-electron chi connectivity index (χ3n) is 5.34. The molecule has 2 atom stereocenters. The number of hydrogen-bond donors (Lipinski definition) is 0. The average molecular weight is 467 g/mol. The van der Waals surface area contributed by atoms with E-state index in [0.29, 0.717) is 24.9 Å². The van der Waals surface area contributed by atoms with Crippen LogP contribution in [0.25, 0.3) is 10.8 Å². The molecule has 162 valence electrons. The van der Waals surface area contributed by atoms with E-state index >= 15 is 0 Å². The Bertz CT molecular complexity index is 734. The molecule has 2 unspecified atom stereocenters. The molecule has 0 radical (unpaired) electrons. The topological polar surface area (TPSA) is 36.9 Å². The second-order valence-corrected chi connectivity index (χ2v) is 8.12. The normalized spacial score (nSPS) is 13.3. The number of rotatable bonds is 14. The Kier molecular flexibility index (Phi) is 10.6. The van der Waals surface area contributed by atoms with Crippen LogP contribution >= 0.6 is 15.9 Å². The Morgan fingerprint density at radius 2 is 1.69 bits per heavy atom. The number of hydrogen-bond acceptors (Lipinski definition) is 4. The molecule has 0 N–H and O–H groups in total. The van der Waals surface area contributed by atoms with Crippen molar-refractivity contribution in [3.63, 3.8) is 0 Å². The molecule has 0 aliphatic heterocycles. The fraction of sp³-hybridized carbons (Fsp3) is 0.583. The number of alkyl halides is 1. The molecule has 0 aliphatic carbocycles. The van der Waals surface area contributed by atoms with Gasteiger partial charge in [-0.3, -0.25) is 0 Å². The van der Waals surface area contributed by atoms with Crippen LogP contribution < -0.4 is 14.2 Å². The lowest BCUT2D eigenvalue weighted by molar-refractivity contribution is 0.0570. The van der Waals surface area contributed by atoms with Gasteiger partial charge in [0.2, 0.25) is 0 Å². The summed E-state index contributed by atoms with van der Waals surface area (Å²) in [4.78, 5) is 0. The highest BCUT2D eigenvalue weighted by Crippen LogP contribution is 2.42. The van der Waals surface area contributed by atoms with E-state index in [1.165, 1.54) is 19.3 Å². The minimum absolute atomic E-state index is 0.0407. The number of benzene rings is 2. The van der Waals surface area contributed by atoms with Crippen LogP contribution in [0.4, 0.5) is 0 Å². The van der Waals surface area contributed by atoms with Crippen LogP contribution in [0.5, 0.6) is 17.2 Å². The van der Waals surface area contributed by atoms with Crippen molar-refractivity contribution < 1.29 is 18.9 Å². The molecule has 2 aromatic carbocycles. The van der Waals surface area contributed by atoms with Gasteiger partial charge in [0.05, 0.1) is 19.8 Å². The van der Waals surface area contributed by atoms with Crippen LogP contribution in [-0.2, 0) is 4.74 Å². The average Bonchev–Trinajstić information content (AvgIpc) is 2.76. The fourth-order valence-corrected chi connectivity index (χ4v) is 3.89. The quantitative estimate of drug-likeness (QED) is 0.293. The van der Waals surface area contributed by atoms with Gasteiger partial charge in [-0.25, -0.2) is 0 Å². The molecule has 0 fully saturated rings. The van der Waals surface area contributed by atoms with Crippen molar-refractivity contribution in [2.75, 3.05) is 32.8 Å². The van der Waals surface area contributed by atoms with Crippen molar-refractivity contribution in [3.05, 3.63) is 30.3 Å². The summed E-state index contributed by atoms with van der Waals surface area (Å²) < 4.78 is 23.6. The zero-order valence-electron chi connectivity index (χ0n) is 18.2. The smallest absolute Gasteiger partial charge is 0.169 e. The van der Waals surface area contributed by atoms with Gasteiger partial charge >= 0.3 is 0 Å². The molecular formula is C24H35BrO4. The van der Waals surface area contributed by atoms with Crippen molar-refractivity contribution in [2.45, 2.75) is 52.1 Å². The van der Waals surface area contributed by atoms with Crippen LogP contribution in [0.2, 0.25) is 0 Å². The SMILES string of the molecule is CCCCC(CC)COc1c(OC)cc(OCC(CCBr)OC)c2ccccc12. The standard InChI is InChI=1S/C24H35BrO4/c1-5-7-10-18(6-2)16-29-24-21-12-9-8-11-20(21)22(15-23(24)27-4)28-17-19(26-3)13-14-25/h8-9,11-12,15,18-19H,5-7,10,13-14,16-17H2,1-4H3. The minimum atomic E-state index is 0.0407. The lowest BCUT2D eigenvalue weighted by Crippen LogP contribution is -2.20. The van der Waals surface area contributed by atoms with Gasteiger partial charge < -0.3 is 18.9 Å². The van der Waals surface area contributed by atoms with E-state index in [1.54, 1.807) is 14.2 Å². The Hall–Kier alpha value is -1.46. The maximum absolute atomic E-state index is 6.32. The lowest BCUT2D eigenvalue weighted by atomic mass is 10.0. The first-order chi connectivity index (χ1) is 14.2. The highest BCUT2D eigenvalue weighted by atomic mass is 79.9. The highest BCUT2D eigenvalue weighted by molar-refractivity contribution is 9.09. The Labute approximate surface area is 184 Å². The predicted molar refractivity (Wildman–Crippen MR) is 124 cm³/mol. The molecule has 0 bridgehead atoms. The van der Waals surface area contributed by atoms with Crippen LogP contribution in [0.1, 0.15) is 46.0 Å². The van der Waals surface area contributed by atoms with Gasteiger partial charge in [-0.1, -0.05) is 73.3 Å². The van der Waals surface area contributed by atoms with Crippen molar-refractivity contribution in [2.24, 2.45) is 5.92 Å². The van der Waals surface area contributed by atoms with E-state index < -0.39 is 0 Å². The monoisotopic (exact) mass is 466 g/mol. The largest absolute Gasteiger partial charge is 0.493 e. The molecule has 29 heavy (non-hydrogen) atoms. The fourth-order valence-electron chi connectivity index (χ4n) is 3.38. The van der Waals surface area contributed by atoms with Crippen LogP contribution in [0.3, 0.4) is 0 Å². The summed E-state index contributed by atoms with van der Waals surface area (Å²) in [6.45, 7) is 5.66. The molecule has 5 heteroatoms. The Balaban J connectivity index is 2.28. The number of fused-ring (bicyclic) bond motifs is 1. The van der Waals surface area contributed by atoms with E-state index in [4.69, 9.17) is 18.9 Å². The molecule has 4 nitrogen and oxygen atoms in total. The molecule has 0 saturated heterocycles. The molecule has 2 aromatic rings. The maximum Gasteiger partial charge on any atom is 0.169 e. The Morgan fingerprint density at radius 1 is 0.931 bits per heavy atom.